The topological polar surface area (TPSA) is 92.7 Å². The molecule has 9 heteroatoms. The van der Waals surface area contributed by atoms with E-state index in [-0.39, 0.29) is 5.91 Å². The maximum atomic E-state index is 12.8. The van der Waals surface area contributed by atoms with Crippen LogP contribution in [0.15, 0.2) is 18.3 Å². The van der Waals surface area contributed by atoms with Crippen molar-refractivity contribution in [3.8, 4) is 5.88 Å². The molecule has 0 unspecified atom stereocenters. The SMILES string of the molecule is CCCN1Cc2c(Nc3ccc(OC)nc3)nc(N3CCOCC3)nc2C1=O. The van der Waals surface area contributed by atoms with Gasteiger partial charge in [0, 0.05) is 31.3 Å². The lowest BCUT2D eigenvalue weighted by Crippen LogP contribution is -2.37. The van der Waals surface area contributed by atoms with Crippen LogP contribution in [-0.2, 0) is 11.3 Å². The number of rotatable bonds is 6. The van der Waals surface area contributed by atoms with E-state index >= 15 is 0 Å². The van der Waals surface area contributed by atoms with Crippen LogP contribution >= 0.6 is 0 Å². The van der Waals surface area contributed by atoms with Crippen molar-refractivity contribution in [2.75, 3.05) is 50.2 Å². The highest BCUT2D eigenvalue weighted by molar-refractivity contribution is 5.98. The smallest absolute Gasteiger partial charge is 0.273 e. The molecule has 4 heterocycles. The van der Waals surface area contributed by atoms with Gasteiger partial charge in [-0.3, -0.25) is 4.79 Å². The van der Waals surface area contributed by atoms with Gasteiger partial charge in [0.1, 0.15) is 11.5 Å². The second kappa shape index (κ2) is 7.97. The van der Waals surface area contributed by atoms with Crippen molar-refractivity contribution in [2.24, 2.45) is 0 Å². The van der Waals surface area contributed by atoms with Crippen molar-refractivity contribution in [3.05, 3.63) is 29.6 Å². The second-order valence-corrected chi connectivity index (χ2v) is 6.74. The van der Waals surface area contributed by atoms with E-state index in [0.29, 0.717) is 62.7 Å². The molecule has 1 saturated heterocycles. The molecular weight excluding hydrogens is 360 g/mol. The summed E-state index contributed by atoms with van der Waals surface area (Å²) in [6, 6.07) is 3.65. The summed E-state index contributed by atoms with van der Waals surface area (Å²) in [5.74, 6) is 1.70. The van der Waals surface area contributed by atoms with Crippen molar-refractivity contribution >= 4 is 23.4 Å². The fraction of sp³-hybridized carbons (Fsp3) is 0.474. The molecule has 28 heavy (non-hydrogen) atoms. The number of nitrogens with zero attached hydrogens (tertiary/aromatic N) is 5. The first-order valence-electron chi connectivity index (χ1n) is 9.49. The molecule has 2 aromatic heterocycles. The lowest BCUT2D eigenvalue weighted by atomic mass is 10.2. The molecular formula is C19H24N6O3. The summed E-state index contributed by atoms with van der Waals surface area (Å²) in [6.07, 6.45) is 2.58. The average molecular weight is 384 g/mol. The maximum Gasteiger partial charge on any atom is 0.273 e. The minimum atomic E-state index is -0.0373. The molecule has 0 bridgehead atoms. The monoisotopic (exact) mass is 384 g/mol. The minimum Gasteiger partial charge on any atom is -0.481 e. The van der Waals surface area contributed by atoms with Crippen LogP contribution in [0.1, 0.15) is 29.4 Å². The van der Waals surface area contributed by atoms with Crippen molar-refractivity contribution in [1.82, 2.24) is 19.9 Å². The van der Waals surface area contributed by atoms with Crippen molar-refractivity contribution in [1.29, 1.82) is 0 Å². The van der Waals surface area contributed by atoms with Crippen molar-refractivity contribution in [2.45, 2.75) is 19.9 Å². The predicted molar refractivity (Wildman–Crippen MR) is 104 cm³/mol. The third kappa shape index (κ3) is 3.57. The molecule has 2 aliphatic rings. The van der Waals surface area contributed by atoms with Crippen LogP contribution in [0.3, 0.4) is 0 Å². The average Bonchev–Trinajstić information content (AvgIpc) is 3.05. The van der Waals surface area contributed by atoms with Gasteiger partial charge in [-0.25, -0.2) is 9.97 Å². The van der Waals surface area contributed by atoms with E-state index in [1.807, 2.05) is 11.0 Å². The fourth-order valence-corrected chi connectivity index (χ4v) is 3.38. The molecule has 0 spiro atoms. The van der Waals surface area contributed by atoms with Crippen LogP contribution in [0.4, 0.5) is 17.5 Å². The Bertz CT molecular complexity index is 851. The highest BCUT2D eigenvalue weighted by Gasteiger charge is 2.33. The summed E-state index contributed by atoms with van der Waals surface area (Å²) in [6.45, 7) is 5.93. The Kier molecular flexibility index (Phi) is 5.25. The lowest BCUT2D eigenvalue weighted by molar-refractivity contribution is 0.0774. The summed E-state index contributed by atoms with van der Waals surface area (Å²) in [4.78, 5) is 30.3. The Morgan fingerprint density at radius 2 is 2.07 bits per heavy atom. The largest absolute Gasteiger partial charge is 0.481 e. The molecule has 2 aromatic rings. The number of anilines is 3. The zero-order valence-electron chi connectivity index (χ0n) is 16.1. The number of fused-ring (bicyclic) bond motifs is 1. The summed E-state index contributed by atoms with van der Waals surface area (Å²) in [5.41, 5.74) is 2.08. The molecule has 148 valence electrons. The quantitative estimate of drug-likeness (QED) is 0.806. The molecule has 0 aromatic carbocycles. The molecule has 4 rings (SSSR count). The zero-order valence-corrected chi connectivity index (χ0v) is 16.1. The maximum absolute atomic E-state index is 12.8. The third-order valence-electron chi connectivity index (χ3n) is 4.83. The van der Waals surface area contributed by atoms with Gasteiger partial charge in [0.2, 0.25) is 11.8 Å². The highest BCUT2D eigenvalue weighted by Crippen LogP contribution is 2.31. The van der Waals surface area contributed by atoms with Crippen LogP contribution in [0, 0.1) is 0 Å². The van der Waals surface area contributed by atoms with E-state index in [1.54, 1.807) is 19.4 Å². The van der Waals surface area contributed by atoms with Gasteiger partial charge in [-0.05, 0) is 12.5 Å². The number of nitrogens with one attached hydrogen (secondary N) is 1. The van der Waals surface area contributed by atoms with Gasteiger partial charge in [-0.1, -0.05) is 6.92 Å². The number of carbonyl (C=O) groups is 1. The predicted octanol–water partition coefficient (Wildman–Crippen LogP) is 1.83. The Morgan fingerprint density at radius 1 is 1.25 bits per heavy atom. The first-order chi connectivity index (χ1) is 13.7. The standard InChI is InChI=1S/C19H24N6O3/c1-3-6-25-12-14-16(18(25)26)22-19(24-7-9-28-10-8-24)23-17(14)21-13-4-5-15(27-2)20-11-13/h4-5,11H,3,6-10,12H2,1-2H3,(H,21,22,23). The number of methoxy groups -OCH3 is 1. The van der Waals surface area contributed by atoms with Gasteiger partial charge in [-0.2, -0.15) is 4.98 Å². The van der Waals surface area contributed by atoms with Crippen molar-refractivity contribution in [3.63, 3.8) is 0 Å². The number of ether oxygens (including phenoxy) is 2. The van der Waals surface area contributed by atoms with Gasteiger partial charge >= 0.3 is 0 Å². The van der Waals surface area contributed by atoms with Gasteiger partial charge in [-0.15, -0.1) is 0 Å². The second-order valence-electron chi connectivity index (χ2n) is 6.74. The van der Waals surface area contributed by atoms with E-state index in [1.165, 1.54) is 0 Å². The van der Waals surface area contributed by atoms with E-state index in [9.17, 15) is 4.79 Å². The van der Waals surface area contributed by atoms with Crippen LogP contribution in [-0.4, -0.2) is 65.7 Å². The Labute approximate surface area is 163 Å². The fourth-order valence-electron chi connectivity index (χ4n) is 3.38. The van der Waals surface area contributed by atoms with Crippen LogP contribution < -0.4 is 15.0 Å². The molecule has 1 amide bonds. The van der Waals surface area contributed by atoms with E-state index in [4.69, 9.17) is 14.5 Å². The molecule has 9 nitrogen and oxygen atoms in total. The number of hydrogen-bond donors (Lipinski definition) is 1. The van der Waals surface area contributed by atoms with E-state index in [2.05, 4.69) is 27.1 Å². The van der Waals surface area contributed by atoms with Gasteiger partial charge in [0.05, 0.1) is 38.8 Å². The number of pyridine rings is 1. The molecule has 0 saturated carbocycles. The molecule has 0 atom stereocenters. The van der Waals surface area contributed by atoms with Crippen LogP contribution in [0.5, 0.6) is 5.88 Å². The summed E-state index contributed by atoms with van der Waals surface area (Å²) in [7, 11) is 1.58. The van der Waals surface area contributed by atoms with Crippen LogP contribution in [0.25, 0.3) is 0 Å². The Balaban J connectivity index is 1.69. The Hall–Kier alpha value is -2.94. The number of morpholine rings is 1. The number of carbonyl (C=O) groups excluding carboxylic acids is 1. The molecule has 0 aliphatic carbocycles. The highest BCUT2D eigenvalue weighted by atomic mass is 16.5. The first-order valence-corrected chi connectivity index (χ1v) is 9.49. The normalized spacial score (nSPS) is 16.3. The van der Waals surface area contributed by atoms with Gasteiger partial charge in [0.25, 0.3) is 5.91 Å². The Morgan fingerprint density at radius 3 is 2.75 bits per heavy atom. The third-order valence-corrected chi connectivity index (χ3v) is 4.83. The number of amides is 1. The minimum absolute atomic E-state index is 0.0373. The summed E-state index contributed by atoms with van der Waals surface area (Å²) >= 11 is 0. The molecule has 2 aliphatic heterocycles. The van der Waals surface area contributed by atoms with Crippen LogP contribution in [0.2, 0.25) is 0 Å². The van der Waals surface area contributed by atoms with Gasteiger partial charge < -0.3 is 24.6 Å². The van der Waals surface area contributed by atoms with E-state index < -0.39 is 0 Å². The lowest BCUT2D eigenvalue weighted by Gasteiger charge is -2.27. The number of aromatic nitrogens is 3. The molecule has 0 radical (unpaired) electrons. The molecule has 1 fully saturated rings. The summed E-state index contributed by atoms with van der Waals surface area (Å²) in [5, 5.41) is 3.31. The first kappa shape index (κ1) is 18.4. The zero-order chi connectivity index (χ0) is 19.5. The van der Waals surface area contributed by atoms with Gasteiger partial charge in [0.15, 0.2) is 0 Å². The number of hydrogen-bond acceptors (Lipinski definition) is 8. The van der Waals surface area contributed by atoms with Crippen molar-refractivity contribution < 1.29 is 14.3 Å². The van der Waals surface area contributed by atoms with E-state index in [0.717, 1.165) is 17.7 Å². The summed E-state index contributed by atoms with van der Waals surface area (Å²) < 4.78 is 10.5. The molecule has 1 N–H and O–H groups in total.